The quantitative estimate of drug-likeness (QED) is 0.907. The van der Waals surface area contributed by atoms with Crippen molar-refractivity contribution in [3.8, 4) is 0 Å². The van der Waals surface area contributed by atoms with E-state index in [0.717, 1.165) is 10.0 Å². The molecular formula is C11H12BrN5. The standard InChI is InChI=1S/C11H12BrN5/c1-7-2-3-14-4-8(7)5-15-10-9(12)6-16-11(13)17-10/h2-4,6H,5H2,1H3,(H3,13,15,16,17). The summed E-state index contributed by atoms with van der Waals surface area (Å²) in [5, 5.41) is 3.19. The summed E-state index contributed by atoms with van der Waals surface area (Å²) >= 11 is 3.36. The molecule has 0 amide bonds. The zero-order chi connectivity index (χ0) is 12.3. The molecule has 0 radical (unpaired) electrons. The van der Waals surface area contributed by atoms with E-state index in [2.05, 4.69) is 36.2 Å². The molecule has 5 nitrogen and oxygen atoms in total. The fraction of sp³-hybridized carbons (Fsp3) is 0.182. The van der Waals surface area contributed by atoms with Crippen molar-refractivity contribution in [2.24, 2.45) is 0 Å². The normalized spacial score (nSPS) is 10.2. The van der Waals surface area contributed by atoms with Crippen LogP contribution in [0.3, 0.4) is 0 Å². The van der Waals surface area contributed by atoms with E-state index in [1.807, 2.05) is 19.2 Å². The van der Waals surface area contributed by atoms with Crippen LogP contribution in [0.5, 0.6) is 0 Å². The minimum absolute atomic E-state index is 0.249. The molecule has 0 saturated carbocycles. The summed E-state index contributed by atoms with van der Waals surface area (Å²) in [7, 11) is 0. The SMILES string of the molecule is Cc1ccncc1CNc1nc(N)ncc1Br. The van der Waals surface area contributed by atoms with E-state index < -0.39 is 0 Å². The minimum atomic E-state index is 0.249. The first kappa shape index (κ1) is 11.8. The van der Waals surface area contributed by atoms with Crippen LogP contribution in [0, 0.1) is 6.92 Å². The number of hydrogen-bond acceptors (Lipinski definition) is 5. The van der Waals surface area contributed by atoms with E-state index in [9.17, 15) is 0 Å². The molecule has 0 fully saturated rings. The van der Waals surface area contributed by atoms with E-state index in [0.29, 0.717) is 12.4 Å². The molecular weight excluding hydrogens is 282 g/mol. The fourth-order valence-corrected chi connectivity index (χ4v) is 1.70. The van der Waals surface area contributed by atoms with Crippen LogP contribution in [0.2, 0.25) is 0 Å². The van der Waals surface area contributed by atoms with Gasteiger partial charge in [-0.1, -0.05) is 0 Å². The predicted molar refractivity (Wildman–Crippen MR) is 70.4 cm³/mol. The number of aryl methyl sites for hydroxylation is 1. The number of nitrogens with one attached hydrogen (secondary N) is 1. The molecule has 2 heterocycles. The second-order valence-electron chi connectivity index (χ2n) is 3.58. The molecule has 0 aliphatic heterocycles. The smallest absolute Gasteiger partial charge is 0.221 e. The Labute approximate surface area is 108 Å². The average Bonchev–Trinajstić information content (AvgIpc) is 2.32. The molecule has 0 saturated heterocycles. The first-order valence-corrected chi connectivity index (χ1v) is 5.87. The first-order chi connectivity index (χ1) is 8.16. The largest absolute Gasteiger partial charge is 0.368 e. The average molecular weight is 294 g/mol. The summed E-state index contributed by atoms with van der Waals surface area (Å²) in [6, 6.07) is 1.97. The molecule has 0 aromatic carbocycles. The number of pyridine rings is 1. The zero-order valence-electron chi connectivity index (χ0n) is 9.31. The van der Waals surface area contributed by atoms with Gasteiger partial charge in [0, 0.05) is 25.1 Å². The van der Waals surface area contributed by atoms with Crippen LogP contribution in [0.1, 0.15) is 11.1 Å². The van der Waals surface area contributed by atoms with Crippen molar-refractivity contribution in [2.45, 2.75) is 13.5 Å². The van der Waals surface area contributed by atoms with Crippen molar-refractivity contribution in [1.82, 2.24) is 15.0 Å². The Morgan fingerprint density at radius 1 is 1.41 bits per heavy atom. The lowest BCUT2D eigenvalue weighted by molar-refractivity contribution is 1.05. The number of rotatable bonds is 3. The van der Waals surface area contributed by atoms with Crippen LogP contribution in [-0.2, 0) is 6.54 Å². The summed E-state index contributed by atoms with van der Waals surface area (Å²) in [5.74, 6) is 0.930. The Kier molecular flexibility index (Phi) is 3.53. The molecule has 17 heavy (non-hydrogen) atoms. The molecule has 2 aromatic heterocycles. The number of nitrogen functional groups attached to an aromatic ring is 1. The fourth-order valence-electron chi connectivity index (χ4n) is 1.37. The van der Waals surface area contributed by atoms with Gasteiger partial charge in [0.25, 0.3) is 0 Å². The third-order valence-corrected chi connectivity index (χ3v) is 2.94. The van der Waals surface area contributed by atoms with Crippen molar-refractivity contribution in [3.05, 3.63) is 40.3 Å². The monoisotopic (exact) mass is 293 g/mol. The van der Waals surface area contributed by atoms with Gasteiger partial charge in [0.1, 0.15) is 5.82 Å². The molecule has 88 valence electrons. The highest BCUT2D eigenvalue weighted by molar-refractivity contribution is 9.10. The van der Waals surface area contributed by atoms with Crippen LogP contribution in [0.25, 0.3) is 0 Å². The van der Waals surface area contributed by atoms with Gasteiger partial charge in [-0.2, -0.15) is 4.98 Å². The van der Waals surface area contributed by atoms with Gasteiger partial charge in [0.15, 0.2) is 0 Å². The molecule has 6 heteroatoms. The molecule has 3 N–H and O–H groups in total. The highest BCUT2D eigenvalue weighted by Gasteiger charge is 2.04. The van der Waals surface area contributed by atoms with Gasteiger partial charge >= 0.3 is 0 Å². The van der Waals surface area contributed by atoms with Gasteiger partial charge in [0.2, 0.25) is 5.95 Å². The first-order valence-electron chi connectivity index (χ1n) is 5.08. The highest BCUT2D eigenvalue weighted by atomic mass is 79.9. The van der Waals surface area contributed by atoms with Gasteiger partial charge in [-0.15, -0.1) is 0 Å². The number of hydrogen-bond donors (Lipinski definition) is 2. The minimum Gasteiger partial charge on any atom is -0.368 e. The van der Waals surface area contributed by atoms with Crippen molar-refractivity contribution in [1.29, 1.82) is 0 Å². The molecule has 0 bridgehead atoms. The summed E-state index contributed by atoms with van der Waals surface area (Å²) in [6.07, 6.45) is 5.24. The molecule has 2 rings (SSSR count). The molecule has 0 spiro atoms. The maximum Gasteiger partial charge on any atom is 0.221 e. The number of nitrogens with two attached hydrogens (primary N) is 1. The van der Waals surface area contributed by atoms with Crippen LogP contribution >= 0.6 is 15.9 Å². The Morgan fingerprint density at radius 2 is 2.24 bits per heavy atom. The number of anilines is 2. The number of aromatic nitrogens is 3. The number of halogens is 1. The molecule has 0 unspecified atom stereocenters. The third kappa shape index (κ3) is 2.91. The third-order valence-electron chi connectivity index (χ3n) is 2.36. The van der Waals surface area contributed by atoms with Crippen LogP contribution in [0.15, 0.2) is 29.1 Å². The van der Waals surface area contributed by atoms with Crippen LogP contribution in [-0.4, -0.2) is 15.0 Å². The van der Waals surface area contributed by atoms with E-state index >= 15 is 0 Å². The Balaban J connectivity index is 2.12. The van der Waals surface area contributed by atoms with Crippen molar-refractivity contribution in [3.63, 3.8) is 0 Å². The van der Waals surface area contributed by atoms with Crippen molar-refractivity contribution < 1.29 is 0 Å². The second kappa shape index (κ2) is 5.09. The van der Waals surface area contributed by atoms with Gasteiger partial charge in [-0.05, 0) is 40.0 Å². The van der Waals surface area contributed by atoms with Gasteiger partial charge < -0.3 is 11.1 Å². The molecule has 0 aliphatic carbocycles. The van der Waals surface area contributed by atoms with Gasteiger partial charge in [-0.3, -0.25) is 4.98 Å². The maximum atomic E-state index is 5.53. The lowest BCUT2D eigenvalue weighted by Crippen LogP contribution is -2.06. The number of nitrogens with zero attached hydrogens (tertiary/aromatic N) is 3. The summed E-state index contributed by atoms with van der Waals surface area (Å²) in [5.41, 5.74) is 7.84. The van der Waals surface area contributed by atoms with E-state index in [4.69, 9.17) is 5.73 Å². The Bertz CT molecular complexity index is 529. The molecule has 0 aliphatic rings. The lowest BCUT2D eigenvalue weighted by atomic mass is 10.1. The van der Waals surface area contributed by atoms with Crippen molar-refractivity contribution in [2.75, 3.05) is 11.1 Å². The topological polar surface area (TPSA) is 76.7 Å². The predicted octanol–water partition coefficient (Wildman–Crippen LogP) is 2.14. The maximum absolute atomic E-state index is 5.53. The van der Waals surface area contributed by atoms with Crippen LogP contribution in [0.4, 0.5) is 11.8 Å². The lowest BCUT2D eigenvalue weighted by Gasteiger charge is -2.09. The van der Waals surface area contributed by atoms with E-state index in [1.165, 1.54) is 5.56 Å². The van der Waals surface area contributed by atoms with E-state index in [1.54, 1.807) is 12.4 Å². The zero-order valence-corrected chi connectivity index (χ0v) is 10.9. The summed E-state index contributed by atoms with van der Waals surface area (Å²) in [4.78, 5) is 12.1. The Morgan fingerprint density at radius 3 is 3.00 bits per heavy atom. The summed E-state index contributed by atoms with van der Waals surface area (Å²) in [6.45, 7) is 2.69. The summed E-state index contributed by atoms with van der Waals surface area (Å²) < 4.78 is 0.785. The molecule has 0 atom stereocenters. The van der Waals surface area contributed by atoms with Crippen LogP contribution < -0.4 is 11.1 Å². The van der Waals surface area contributed by atoms with Gasteiger partial charge in [0.05, 0.1) is 4.47 Å². The second-order valence-corrected chi connectivity index (χ2v) is 4.43. The van der Waals surface area contributed by atoms with Crippen molar-refractivity contribution >= 4 is 27.7 Å². The Hall–Kier alpha value is -1.69. The van der Waals surface area contributed by atoms with E-state index in [-0.39, 0.29) is 5.95 Å². The highest BCUT2D eigenvalue weighted by Crippen LogP contribution is 2.20. The van der Waals surface area contributed by atoms with Gasteiger partial charge in [-0.25, -0.2) is 4.98 Å². The molecule has 2 aromatic rings.